The summed E-state index contributed by atoms with van der Waals surface area (Å²) in [5.74, 6) is 0.981. The largest absolute Gasteiger partial charge is 0.494 e. The maximum atomic E-state index is 5.54. The molecule has 0 amide bonds. The van der Waals surface area contributed by atoms with E-state index in [1.54, 1.807) is 0 Å². The van der Waals surface area contributed by atoms with Gasteiger partial charge in [0.05, 0.1) is 6.61 Å². The third-order valence-corrected chi connectivity index (χ3v) is 5.08. The summed E-state index contributed by atoms with van der Waals surface area (Å²) in [6.07, 6.45) is 6.91. The van der Waals surface area contributed by atoms with Crippen LogP contribution in [0.5, 0.6) is 5.75 Å². The van der Waals surface area contributed by atoms with Crippen molar-refractivity contribution < 1.29 is 4.74 Å². The smallest absolute Gasteiger partial charge is 0.119 e. The zero-order valence-electron chi connectivity index (χ0n) is 13.2. The van der Waals surface area contributed by atoms with Crippen molar-refractivity contribution in [3.63, 3.8) is 0 Å². The lowest BCUT2D eigenvalue weighted by Crippen LogP contribution is -2.61. The Bertz CT molecular complexity index is 429. The summed E-state index contributed by atoms with van der Waals surface area (Å²) < 4.78 is 5.54. The predicted octanol–water partition coefficient (Wildman–Crippen LogP) is 3.19. The monoisotopic (exact) mass is 288 g/mol. The van der Waals surface area contributed by atoms with Crippen LogP contribution in [-0.4, -0.2) is 36.7 Å². The number of hydrogen-bond acceptors (Lipinski definition) is 3. The summed E-state index contributed by atoms with van der Waals surface area (Å²) in [6, 6.07) is 8.66. The molecule has 1 heterocycles. The van der Waals surface area contributed by atoms with Crippen molar-refractivity contribution in [2.45, 2.75) is 51.1 Å². The second kappa shape index (κ2) is 6.80. The summed E-state index contributed by atoms with van der Waals surface area (Å²) in [5, 5.41) is 3.63. The highest BCUT2D eigenvalue weighted by atomic mass is 16.5. The lowest BCUT2D eigenvalue weighted by molar-refractivity contribution is 0.0209. The van der Waals surface area contributed by atoms with Crippen LogP contribution in [0.25, 0.3) is 0 Å². The number of hydrogen-bond donors (Lipinski definition) is 1. The Labute approximate surface area is 128 Å². The second-order valence-electron chi connectivity index (χ2n) is 6.46. The normalized spacial score (nSPS) is 22.3. The molecule has 1 saturated carbocycles. The van der Waals surface area contributed by atoms with Crippen LogP contribution in [0.15, 0.2) is 24.3 Å². The van der Waals surface area contributed by atoms with Gasteiger partial charge >= 0.3 is 0 Å². The van der Waals surface area contributed by atoms with Gasteiger partial charge in [-0.1, -0.05) is 31.4 Å². The summed E-state index contributed by atoms with van der Waals surface area (Å²) in [6.45, 7) is 7.31. The quantitative estimate of drug-likeness (QED) is 0.921. The van der Waals surface area contributed by atoms with Crippen molar-refractivity contribution in [3.8, 4) is 5.75 Å². The molecular weight excluding hydrogens is 260 g/mol. The van der Waals surface area contributed by atoms with E-state index in [0.29, 0.717) is 5.54 Å². The first-order valence-electron chi connectivity index (χ1n) is 8.50. The molecule has 0 radical (unpaired) electrons. The predicted molar refractivity (Wildman–Crippen MR) is 86.7 cm³/mol. The Morgan fingerprint density at radius 3 is 2.62 bits per heavy atom. The van der Waals surface area contributed by atoms with Crippen molar-refractivity contribution in [1.82, 2.24) is 10.2 Å². The topological polar surface area (TPSA) is 24.5 Å². The average Bonchev–Trinajstić information content (AvgIpc) is 2.53. The van der Waals surface area contributed by atoms with Crippen LogP contribution in [0.3, 0.4) is 0 Å². The molecule has 3 rings (SSSR count). The zero-order valence-corrected chi connectivity index (χ0v) is 13.2. The van der Waals surface area contributed by atoms with Crippen LogP contribution in [0.4, 0.5) is 0 Å². The molecular formula is C18H28N2O. The number of piperazine rings is 1. The highest BCUT2D eigenvalue weighted by Gasteiger charge is 2.39. The van der Waals surface area contributed by atoms with Gasteiger partial charge in [0, 0.05) is 31.7 Å². The van der Waals surface area contributed by atoms with Crippen molar-refractivity contribution in [1.29, 1.82) is 0 Å². The van der Waals surface area contributed by atoms with Crippen molar-refractivity contribution in [2.75, 3.05) is 26.2 Å². The van der Waals surface area contributed by atoms with Gasteiger partial charge in [0.2, 0.25) is 0 Å². The minimum Gasteiger partial charge on any atom is -0.494 e. The molecule has 1 aromatic rings. The van der Waals surface area contributed by atoms with Crippen molar-refractivity contribution >= 4 is 0 Å². The van der Waals surface area contributed by atoms with Gasteiger partial charge in [0.1, 0.15) is 5.75 Å². The van der Waals surface area contributed by atoms with Gasteiger partial charge in [-0.25, -0.2) is 0 Å². The van der Waals surface area contributed by atoms with E-state index in [0.717, 1.165) is 25.4 Å². The molecule has 0 unspecified atom stereocenters. The van der Waals surface area contributed by atoms with E-state index in [9.17, 15) is 0 Å². The third-order valence-electron chi connectivity index (χ3n) is 5.08. The minimum absolute atomic E-state index is 0.412. The fraction of sp³-hybridized carbons (Fsp3) is 0.667. The molecule has 3 heteroatoms. The van der Waals surface area contributed by atoms with E-state index >= 15 is 0 Å². The summed E-state index contributed by atoms with van der Waals surface area (Å²) in [5.41, 5.74) is 1.82. The van der Waals surface area contributed by atoms with E-state index in [1.807, 2.05) is 6.92 Å². The Hall–Kier alpha value is -1.06. The number of nitrogens with zero attached hydrogens (tertiary/aromatic N) is 1. The fourth-order valence-electron chi connectivity index (χ4n) is 3.91. The molecule has 1 aliphatic carbocycles. The van der Waals surface area contributed by atoms with Crippen molar-refractivity contribution in [3.05, 3.63) is 29.8 Å². The SMILES string of the molecule is CCOc1ccc(CN2CCNCC23CCCCC3)cc1. The Morgan fingerprint density at radius 1 is 1.14 bits per heavy atom. The first kappa shape index (κ1) is 14.9. The Kier molecular flexibility index (Phi) is 4.81. The van der Waals surface area contributed by atoms with Crippen LogP contribution in [-0.2, 0) is 6.54 Å². The van der Waals surface area contributed by atoms with Gasteiger partial charge in [0.15, 0.2) is 0 Å². The average molecular weight is 288 g/mol. The lowest BCUT2D eigenvalue weighted by atomic mass is 9.79. The van der Waals surface area contributed by atoms with E-state index in [4.69, 9.17) is 4.74 Å². The molecule has 2 fully saturated rings. The van der Waals surface area contributed by atoms with Gasteiger partial charge in [0.25, 0.3) is 0 Å². The Morgan fingerprint density at radius 2 is 1.90 bits per heavy atom. The van der Waals surface area contributed by atoms with Gasteiger partial charge in [-0.05, 0) is 37.5 Å². The summed E-state index contributed by atoms with van der Waals surface area (Å²) in [4.78, 5) is 2.73. The number of ether oxygens (including phenoxy) is 1. The van der Waals surface area contributed by atoms with Gasteiger partial charge in [-0.2, -0.15) is 0 Å². The highest BCUT2D eigenvalue weighted by molar-refractivity contribution is 5.27. The van der Waals surface area contributed by atoms with Crippen LogP contribution in [0, 0.1) is 0 Å². The Balaban J connectivity index is 1.69. The van der Waals surface area contributed by atoms with Gasteiger partial charge in [-0.3, -0.25) is 4.90 Å². The molecule has 21 heavy (non-hydrogen) atoms. The van der Waals surface area contributed by atoms with E-state index in [1.165, 1.54) is 50.8 Å². The highest BCUT2D eigenvalue weighted by Crippen LogP contribution is 2.35. The minimum atomic E-state index is 0.412. The fourth-order valence-corrected chi connectivity index (χ4v) is 3.91. The number of nitrogens with one attached hydrogen (secondary N) is 1. The van der Waals surface area contributed by atoms with E-state index in [-0.39, 0.29) is 0 Å². The van der Waals surface area contributed by atoms with Gasteiger partial charge < -0.3 is 10.1 Å². The third kappa shape index (κ3) is 3.41. The number of rotatable bonds is 4. The van der Waals surface area contributed by atoms with Crippen LogP contribution in [0.2, 0.25) is 0 Å². The molecule has 0 atom stereocenters. The van der Waals surface area contributed by atoms with Crippen molar-refractivity contribution in [2.24, 2.45) is 0 Å². The summed E-state index contributed by atoms with van der Waals surface area (Å²) >= 11 is 0. The molecule has 1 aliphatic heterocycles. The molecule has 2 aliphatic rings. The molecule has 1 saturated heterocycles. The molecule has 1 N–H and O–H groups in total. The zero-order chi connectivity index (χ0) is 14.5. The summed E-state index contributed by atoms with van der Waals surface area (Å²) in [7, 11) is 0. The van der Waals surface area contributed by atoms with Gasteiger partial charge in [-0.15, -0.1) is 0 Å². The maximum Gasteiger partial charge on any atom is 0.119 e. The lowest BCUT2D eigenvalue weighted by Gasteiger charge is -2.50. The first-order valence-corrected chi connectivity index (χ1v) is 8.50. The van der Waals surface area contributed by atoms with Crippen LogP contribution < -0.4 is 10.1 Å². The first-order chi connectivity index (χ1) is 10.3. The molecule has 116 valence electrons. The van der Waals surface area contributed by atoms with E-state index < -0.39 is 0 Å². The van der Waals surface area contributed by atoms with E-state index in [2.05, 4.69) is 34.5 Å². The number of benzene rings is 1. The second-order valence-corrected chi connectivity index (χ2v) is 6.46. The molecule has 0 bridgehead atoms. The maximum absolute atomic E-state index is 5.54. The standard InChI is InChI=1S/C18H28N2O/c1-2-21-17-8-6-16(7-9-17)14-20-13-12-19-15-18(20)10-4-3-5-11-18/h6-9,19H,2-5,10-15H2,1H3. The molecule has 1 aromatic carbocycles. The van der Waals surface area contributed by atoms with Crippen LogP contribution in [0.1, 0.15) is 44.6 Å². The molecule has 1 spiro atoms. The van der Waals surface area contributed by atoms with Crippen LogP contribution >= 0.6 is 0 Å². The molecule has 0 aromatic heterocycles. The molecule has 3 nitrogen and oxygen atoms in total.